The Hall–Kier alpha value is -0.425. The fourth-order valence-electron chi connectivity index (χ4n) is 2.01. The molecular weight excluding hydrogens is 271 g/mol. The van der Waals surface area contributed by atoms with Crippen LogP contribution in [0.5, 0.6) is 0 Å². The summed E-state index contributed by atoms with van der Waals surface area (Å²) in [4.78, 5) is 4.41. The molecule has 2 heterocycles. The molecule has 0 aromatic carbocycles. The van der Waals surface area contributed by atoms with Crippen molar-refractivity contribution < 1.29 is 10.0 Å². The van der Waals surface area contributed by atoms with E-state index >= 15 is 0 Å². The predicted molar refractivity (Wildman–Crippen MR) is 66.6 cm³/mol. The molecule has 3 N–H and O–H groups in total. The van der Waals surface area contributed by atoms with Gasteiger partial charge in [-0.25, -0.2) is 4.98 Å². The van der Waals surface area contributed by atoms with Gasteiger partial charge in [-0.15, -0.1) is 0 Å². The van der Waals surface area contributed by atoms with Crippen LogP contribution in [0, 0.1) is 0 Å². The van der Waals surface area contributed by atoms with E-state index in [9.17, 15) is 0 Å². The number of halogens is 1. The molecule has 2 rings (SSSR count). The van der Waals surface area contributed by atoms with Crippen molar-refractivity contribution in [2.75, 3.05) is 13.1 Å². The van der Waals surface area contributed by atoms with Gasteiger partial charge >= 0.3 is 7.12 Å². The summed E-state index contributed by atoms with van der Waals surface area (Å²) in [6.45, 7) is 1.99. The van der Waals surface area contributed by atoms with E-state index in [1.165, 1.54) is 0 Å². The Morgan fingerprint density at radius 1 is 1.31 bits per heavy atom. The van der Waals surface area contributed by atoms with Crippen molar-refractivity contribution >= 4 is 28.5 Å². The maximum atomic E-state index is 9.17. The Balaban J connectivity index is 2.25. The molecule has 0 aliphatic carbocycles. The van der Waals surface area contributed by atoms with Crippen LogP contribution in [0.25, 0.3) is 0 Å². The minimum Gasteiger partial charge on any atom is -0.423 e. The topological polar surface area (TPSA) is 65.4 Å². The molecule has 0 bridgehead atoms. The second-order valence-corrected chi connectivity index (χ2v) is 4.86. The highest BCUT2D eigenvalue weighted by atomic mass is 79.9. The Morgan fingerprint density at radius 3 is 2.62 bits per heavy atom. The normalized spacial score (nSPS) is 17.4. The van der Waals surface area contributed by atoms with Gasteiger partial charge in [-0.05, 0) is 59.5 Å². The van der Waals surface area contributed by atoms with Crippen molar-refractivity contribution in [1.82, 2.24) is 10.3 Å². The number of nitrogens with zero attached hydrogens (tertiary/aromatic N) is 1. The van der Waals surface area contributed by atoms with Gasteiger partial charge < -0.3 is 15.4 Å². The third-order valence-corrected chi connectivity index (χ3v) is 3.30. The average Bonchev–Trinajstić information content (AvgIpc) is 2.29. The summed E-state index contributed by atoms with van der Waals surface area (Å²) in [6, 6.07) is 3.42. The van der Waals surface area contributed by atoms with Crippen LogP contribution in [0.2, 0.25) is 0 Å². The molecular formula is C10H14BBrN2O2. The van der Waals surface area contributed by atoms with Crippen molar-refractivity contribution in [2.24, 2.45) is 0 Å². The second kappa shape index (κ2) is 5.27. The number of hydrogen-bond donors (Lipinski definition) is 3. The lowest BCUT2D eigenvalue weighted by Crippen LogP contribution is -2.32. The van der Waals surface area contributed by atoms with Crippen LogP contribution in [0.4, 0.5) is 0 Å². The highest BCUT2D eigenvalue weighted by molar-refractivity contribution is 9.10. The van der Waals surface area contributed by atoms with Crippen LogP contribution in [-0.2, 0) is 0 Å². The molecule has 4 nitrogen and oxygen atoms in total. The number of pyridine rings is 1. The summed E-state index contributed by atoms with van der Waals surface area (Å²) in [5.74, 6) is 0.413. The van der Waals surface area contributed by atoms with Gasteiger partial charge in [0.05, 0.1) is 0 Å². The van der Waals surface area contributed by atoms with Gasteiger partial charge in [-0.3, -0.25) is 0 Å². The Bertz CT molecular complexity index is 370. The second-order valence-electron chi connectivity index (χ2n) is 4.05. The lowest BCUT2D eigenvalue weighted by atomic mass is 9.79. The number of rotatable bonds is 2. The molecule has 1 aliphatic heterocycles. The minimum absolute atomic E-state index is 0.413. The smallest absolute Gasteiger partial charge is 0.423 e. The fourth-order valence-corrected chi connectivity index (χ4v) is 2.48. The largest absolute Gasteiger partial charge is 0.488 e. The lowest BCUT2D eigenvalue weighted by molar-refractivity contribution is 0.425. The van der Waals surface area contributed by atoms with E-state index < -0.39 is 7.12 Å². The van der Waals surface area contributed by atoms with Crippen LogP contribution >= 0.6 is 15.9 Å². The zero-order valence-electron chi connectivity index (χ0n) is 8.86. The number of piperidine rings is 1. The van der Waals surface area contributed by atoms with Crippen LogP contribution in [-0.4, -0.2) is 35.2 Å². The predicted octanol–water partition coefficient (Wildman–Crippen LogP) is -0.00910. The molecule has 0 unspecified atom stereocenters. The number of aromatic nitrogens is 1. The summed E-state index contributed by atoms with van der Waals surface area (Å²) < 4.78 is 0.659. The molecule has 1 fully saturated rings. The molecule has 1 saturated heterocycles. The zero-order valence-corrected chi connectivity index (χ0v) is 10.4. The lowest BCUT2D eigenvalue weighted by Gasteiger charge is -2.22. The Labute approximate surface area is 103 Å². The molecule has 6 heteroatoms. The van der Waals surface area contributed by atoms with Crippen LogP contribution in [0.1, 0.15) is 24.5 Å². The molecule has 0 spiro atoms. The van der Waals surface area contributed by atoms with Gasteiger partial charge in [0.2, 0.25) is 0 Å². The average molecular weight is 285 g/mol. The first-order valence-electron chi connectivity index (χ1n) is 5.41. The SMILES string of the molecule is OB(O)c1cc(Br)nc(C2CCNCC2)c1. The summed E-state index contributed by atoms with van der Waals surface area (Å²) in [5, 5.41) is 21.6. The highest BCUT2D eigenvalue weighted by Gasteiger charge is 2.20. The summed E-state index contributed by atoms with van der Waals surface area (Å²) >= 11 is 3.30. The first-order chi connectivity index (χ1) is 7.66. The molecule has 1 aromatic heterocycles. The van der Waals surface area contributed by atoms with E-state index in [1.807, 2.05) is 0 Å². The first kappa shape index (κ1) is 12.0. The van der Waals surface area contributed by atoms with Gasteiger partial charge in [0.1, 0.15) is 4.60 Å². The molecule has 0 amide bonds. The number of hydrogen-bond acceptors (Lipinski definition) is 4. The van der Waals surface area contributed by atoms with Gasteiger partial charge in [0.25, 0.3) is 0 Å². The maximum Gasteiger partial charge on any atom is 0.488 e. The Kier molecular flexibility index (Phi) is 3.97. The highest BCUT2D eigenvalue weighted by Crippen LogP contribution is 2.23. The van der Waals surface area contributed by atoms with Crippen molar-refractivity contribution in [1.29, 1.82) is 0 Å². The van der Waals surface area contributed by atoms with Crippen LogP contribution < -0.4 is 10.8 Å². The third-order valence-electron chi connectivity index (χ3n) is 2.89. The molecule has 0 atom stereocenters. The molecule has 16 heavy (non-hydrogen) atoms. The minimum atomic E-state index is -1.43. The van der Waals surface area contributed by atoms with Crippen molar-refractivity contribution in [2.45, 2.75) is 18.8 Å². The van der Waals surface area contributed by atoms with Gasteiger partial charge in [0, 0.05) is 11.6 Å². The third kappa shape index (κ3) is 2.82. The molecule has 86 valence electrons. The number of nitrogens with one attached hydrogen (secondary N) is 1. The molecule has 0 radical (unpaired) electrons. The molecule has 0 saturated carbocycles. The van der Waals surface area contributed by atoms with E-state index in [-0.39, 0.29) is 0 Å². The molecule has 1 aromatic rings. The first-order valence-corrected chi connectivity index (χ1v) is 6.20. The fraction of sp³-hybridized carbons (Fsp3) is 0.500. The quantitative estimate of drug-likeness (QED) is 0.528. The van der Waals surface area contributed by atoms with E-state index in [0.29, 0.717) is 16.0 Å². The van der Waals surface area contributed by atoms with E-state index in [0.717, 1.165) is 31.6 Å². The maximum absolute atomic E-state index is 9.17. The van der Waals surface area contributed by atoms with Crippen molar-refractivity contribution in [3.63, 3.8) is 0 Å². The van der Waals surface area contributed by atoms with Gasteiger partial charge in [-0.1, -0.05) is 0 Å². The van der Waals surface area contributed by atoms with E-state index in [2.05, 4.69) is 26.2 Å². The van der Waals surface area contributed by atoms with Crippen molar-refractivity contribution in [3.05, 3.63) is 22.4 Å². The summed E-state index contributed by atoms with van der Waals surface area (Å²) in [5.41, 5.74) is 1.44. The van der Waals surface area contributed by atoms with E-state index in [4.69, 9.17) is 10.0 Å². The standard InChI is InChI=1S/C10H14BBrN2O2/c12-10-6-8(11(15)16)5-9(14-10)7-1-3-13-4-2-7/h5-7,13,15-16H,1-4H2. The summed E-state index contributed by atoms with van der Waals surface area (Å²) in [6.07, 6.45) is 2.09. The van der Waals surface area contributed by atoms with Crippen LogP contribution in [0.3, 0.4) is 0 Å². The zero-order chi connectivity index (χ0) is 11.5. The monoisotopic (exact) mass is 284 g/mol. The van der Waals surface area contributed by atoms with Gasteiger partial charge in [0.15, 0.2) is 0 Å². The van der Waals surface area contributed by atoms with Crippen molar-refractivity contribution in [3.8, 4) is 0 Å². The summed E-state index contributed by atoms with van der Waals surface area (Å²) in [7, 11) is -1.43. The Morgan fingerprint density at radius 2 is 2.00 bits per heavy atom. The van der Waals surface area contributed by atoms with Gasteiger partial charge in [-0.2, -0.15) is 0 Å². The van der Waals surface area contributed by atoms with E-state index in [1.54, 1.807) is 12.1 Å². The van der Waals surface area contributed by atoms with Crippen LogP contribution in [0.15, 0.2) is 16.7 Å². The molecule has 1 aliphatic rings.